The maximum Gasteiger partial charge on any atom is 0.0491 e. The minimum atomic E-state index is 1.29. The molecular formula is C17H17N. The molecule has 0 N–H and O–H groups in total. The van der Waals surface area contributed by atoms with Crippen molar-refractivity contribution in [2.75, 3.05) is 0 Å². The van der Waals surface area contributed by atoms with Gasteiger partial charge in [0.1, 0.15) is 0 Å². The van der Waals surface area contributed by atoms with Crippen molar-refractivity contribution in [1.82, 2.24) is 4.57 Å². The lowest BCUT2D eigenvalue weighted by Crippen LogP contribution is -1.94. The Balaban J connectivity index is 2.32. The quantitative estimate of drug-likeness (QED) is 0.586. The van der Waals surface area contributed by atoms with Gasteiger partial charge in [0.05, 0.1) is 0 Å². The van der Waals surface area contributed by atoms with Crippen LogP contribution in [0.5, 0.6) is 0 Å². The summed E-state index contributed by atoms with van der Waals surface area (Å²) < 4.78 is 2.27. The number of nitrogens with zero attached hydrogens (tertiary/aromatic N) is 1. The lowest BCUT2D eigenvalue weighted by molar-refractivity contribution is 0.976. The molecule has 1 nitrogen and oxygen atoms in total. The first-order valence-corrected chi connectivity index (χ1v) is 6.29. The van der Waals surface area contributed by atoms with E-state index in [9.17, 15) is 0 Å². The number of rotatable bonds is 1. The molecule has 3 rings (SSSR count). The number of hydrogen-bond acceptors (Lipinski definition) is 0. The third-order valence-corrected chi connectivity index (χ3v) is 3.83. The van der Waals surface area contributed by atoms with Gasteiger partial charge in [-0.3, -0.25) is 0 Å². The Morgan fingerprint density at radius 3 is 2.44 bits per heavy atom. The van der Waals surface area contributed by atoms with Crippen molar-refractivity contribution in [3.8, 4) is 11.3 Å². The zero-order valence-corrected chi connectivity index (χ0v) is 11.1. The molecule has 0 spiro atoms. The second kappa shape index (κ2) is 4.02. The third kappa shape index (κ3) is 1.55. The van der Waals surface area contributed by atoms with E-state index in [0.29, 0.717) is 0 Å². The van der Waals surface area contributed by atoms with Crippen LogP contribution < -0.4 is 0 Å². The van der Waals surface area contributed by atoms with E-state index in [1.54, 1.807) is 0 Å². The number of aromatic nitrogens is 1. The Morgan fingerprint density at radius 2 is 1.67 bits per heavy atom. The number of hydrogen-bond donors (Lipinski definition) is 0. The van der Waals surface area contributed by atoms with Gasteiger partial charge < -0.3 is 4.57 Å². The van der Waals surface area contributed by atoms with E-state index >= 15 is 0 Å². The summed E-state index contributed by atoms with van der Waals surface area (Å²) >= 11 is 0. The largest absolute Gasteiger partial charge is 0.344 e. The average Bonchev–Trinajstić information content (AvgIpc) is 2.71. The molecule has 1 heteroatoms. The number of aryl methyl sites for hydroxylation is 2. The van der Waals surface area contributed by atoms with Crippen LogP contribution in [-0.2, 0) is 7.05 Å². The number of benzene rings is 2. The van der Waals surface area contributed by atoms with Crippen LogP contribution in [0.15, 0.2) is 48.5 Å². The zero-order chi connectivity index (χ0) is 12.7. The van der Waals surface area contributed by atoms with Gasteiger partial charge in [0.15, 0.2) is 0 Å². The van der Waals surface area contributed by atoms with E-state index < -0.39 is 0 Å². The number of para-hydroxylation sites is 1. The lowest BCUT2D eigenvalue weighted by Gasteiger charge is -2.10. The Labute approximate surface area is 108 Å². The van der Waals surface area contributed by atoms with Gasteiger partial charge in [0.25, 0.3) is 0 Å². The predicted molar refractivity (Wildman–Crippen MR) is 77.8 cm³/mol. The predicted octanol–water partition coefficient (Wildman–Crippen LogP) is 4.46. The van der Waals surface area contributed by atoms with Crippen LogP contribution in [0.3, 0.4) is 0 Å². The molecule has 90 valence electrons. The topological polar surface area (TPSA) is 4.93 Å². The summed E-state index contributed by atoms with van der Waals surface area (Å²) in [5, 5.41) is 1.30. The Hall–Kier alpha value is -2.02. The van der Waals surface area contributed by atoms with Crippen LogP contribution in [0.4, 0.5) is 0 Å². The van der Waals surface area contributed by atoms with E-state index in [1.165, 1.54) is 33.3 Å². The first-order chi connectivity index (χ1) is 8.68. The van der Waals surface area contributed by atoms with Crippen molar-refractivity contribution in [3.05, 3.63) is 59.7 Å². The highest BCUT2D eigenvalue weighted by Crippen LogP contribution is 2.30. The molecule has 0 aliphatic carbocycles. The van der Waals surface area contributed by atoms with Crippen molar-refractivity contribution in [2.45, 2.75) is 13.8 Å². The van der Waals surface area contributed by atoms with Gasteiger partial charge in [0, 0.05) is 29.2 Å². The van der Waals surface area contributed by atoms with Crippen LogP contribution >= 0.6 is 0 Å². The highest BCUT2D eigenvalue weighted by molar-refractivity contribution is 5.87. The van der Waals surface area contributed by atoms with Gasteiger partial charge in [-0.1, -0.05) is 36.4 Å². The van der Waals surface area contributed by atoms with Crippen molar-refractivity contribution in [3.63, 3.8) is 0 Å². The maximum atomic E-state index is 2.27. The van der Waals surface area contributed by atoms with Crippen LogP contribution in [0, 0.1) is 13.8 Å². The van der Waals surface area contributed by atoms with Gasteiger partial charge in [-0.2, -0.15) is 0 Å². The summed E-state index contributed by atoms with van der Waals surface area (Å²) in [5.41, 5.74) is 6.61. The third-order valence-electron chi connectivity index (χ3n) is 3.83. The minimum Gasteiger partial charge on any atom is -0.344 e. The van der Waals surface area contributed by atoms with Crippen LogP contribution in [-0.4, -0.2) is 4.57 Å². The van der Waals surface area contributed by atoms with E-state index in [2.05, 4.69) is 74.0 Å². The molecule has 0 saturated carbocycles. The summed E-state index contributed by atoms with van der Waals surface area (Å²) in [6.07, 6.45) is 0. The fourth-order valence-corrected chi connectivity index (χ4v) is 2.58. The average molecular weight is 235 g/mol. The molecule has 1 heterocycles. The zero-order valence-electron chi connectivity index (χ0n) is 11.1. The standard InChI is InChI=1S/C17H17N/c1-12-7-6-9-15(13(12)2)17-11-14-8-4-5-10-16(14)18(17)3/h4-11H,1-3H3. The molecule has 2 aromatic carbocycles. The first kappa shape index (κ1) is 11.1. The molecular weight excluding hydrogens is 218 g/mol. The molecule has 0 unspecified atom stereocenters. The highest BCUT2D eigenvalue weighted by Gasteiger charge is 2.10. The fourth-order valence-electron chi connectivity index (χ4n) is 2.58. The van der Waals surface area contributed by atoms with Crippen LogP contribution in [0.1, 0.15) is 11.1 Å². The number of fused-ring (bicyclic) bond motifs is 1. The highest BCUT2D eigenvalue weighted by atomic mass is 14.9. The molecule has 0 aliphatic heterocycles. The Morgan fingerprint density at radius 1 is 0.889 bits per heavy atom. The SMILES string of the molecule is Cc1cccc(-c2cc3ccccc3n2C)c1C. The minimum absolute atomic E-state index is 1.29. The Kier molecular flexibility index (Phi) is 2.48. The molecule has 1 aromatic heterocycles. The fraction of sp³-hybridized carbons (Fsp3) is 0.176. The van der Waals surface area contributed by atoms with E-state index in [0.717, 1.165) is 0 Å². The molecule has 3 aromatic rings. The van der Waals surface area contributed by atoms with E-state index in [1.807, 2.05) is 0 Å². The normalized spacial score (nSPS) is 11.1. The smallest absolute Gasteiger partial charge is 0.0491 e. The van der Waals surface area contributed by atoms with Gasteiger partial charge in [-0.25, -0.2) is 0 Å². The van der Waals surface area contributed by atoms with E-state index in [4.69, 9.17) is 0 Å². The van der Waals surface area contributed by atoms with Crippen LogP contribution in [0.2, 0.25) is 0 Å². The van der Waals surface area contributed by atoms with Crippen molar-refractivity contribution in [2.24, 2.45) is 7.05 Å². The van der Waals surface area contributed by atoms with Crippen molar-refractivity contribution < 1.29 is 0 Å². The molecule has 0 bridgehead atoms. The molecule has 0 aliphatic rings. The Bertz CT molecular complexity index is 720. The lowest BCUT2D eigenvalue weighted by atomic mass is 10.0. The second-order valence-corrected chi connectivity index (χ2v) is 4.89. The van der Waals surface area contributed by atoms with Gasteiger partial charge in [-0.15, -0.1) is 0 Å². The van der Waals surface area contributed by atoms with Gasteiger partial charge in [0.2, 0.25) is 0 Å². The molecule has 0 saturated heterocycles. The first-order valence-electron chi connectivity index (χ1n) is 6.29. The molecule has 0 radical (unpaired) electrons. The summed E-state index contributed by atoms with van der Waals surface area (Å²) in [6, 6.07) is 17.3. The molecule has 0 atom stereocenters. The molecule has 0 fully saturated rings. The molecule has 18 heavy (non-hydrogen) atoms. The van der Waals surface area contributed by atoms with Gasteiger partial charge in [-0.05, 0) is 37.1 Å². The van der Waals surface area contributed by atoms with Gasteiger partial charge >= 0.3 is 0 Å². The summed E-state index contributed by atoms with van der Waals surface area (Å²) in [4.78, 5) is 0. The van der Waals surface area contributed by atoms with Crippen molar-refractivity contribution >= 4 is 10.9 Å². The second-order valence-electron chi connectivity index (χ2n) is 4.89. The summed E-state index contributed by atoms with van der Waals surface area (Å²) in [5.74, 6) is 0. The summed E-state index contributed by atoms with van der Waals surface area (Å²) in [7, 11) is 2.14. The van der Waals surface area contributed by atoms with Crippen LogP contribution in [0.25, 0.3) is 22.2 Å². The summed E-state index contributed by atoms with van der Waals surface area (Å²) in [6.45, 7) is 4.36. The molecule has 0 amide bonds. The van der Waals surface area contributed by atoms with Crippen molar-refractivity contribution in [1.29, 1.82) is 0 Å². The monoisotopic (exact) mass is 235 g/mol. The maximum absolute atomic E-state index is 2.27. The van der Waals surface area contributed by atoms with E-state index in [-0.39, 0.29) is 0 Å².